The lowest BCUT2D eigenvalue weighted by atomic mass is 9.82. The molecule has 0 heterocycles. The van der Waals surface area contributed by atoms with Gasteiger partial charge in [0.25, 0.3) is 0 Å². The molecule has 1 aliphatic rings. The first-order valence-corrected chi connectivity index (χ1v) is 11.0. The van der Waals surface area contributed by atoms with Gasteiger partial charge >= 0.3 is 0 Å². The minimum absolute atomic E-state index is 0.169. The number of aryl methyl sites for hydroxylation is 1. The SMILES string of the molecule is CC#N.CCN(CCCc1ccc(C2CCC(F)C(F)C2)cc1)Cc1ccccc1. The van der Waals surface area contributed by atoms with E-state index in [2.05, 4.69) is 66.4 Å². The summed E-state index contributed by atoms with van der Waals surface area (Å²) in [6, 6.07) is 20.9. The van der Waals surface area contributed by atoms with Crippen molar-refractivity contribution in [2.45, 2.75) is 70.8 Å². The highest BCUT2D eigenvalue weighted by molar-refractivity contribution is 5.26. The van der Waals surface area contributed by atoms with Crippen LogP contribution in [0.15, 0.2) is 54.6 Å². The summed E-state index contributed by atoms with van der Waals surface area (Å²) in [5.74, 6) is 0.169. The first-order valence-electron chi connectivity index (χ1n) is 11.0. The molecule has 1 saturated carbocycles. The van der Waals surface area contributed by atoms with E-state index in [9.17, 15) is 8.78 Å². The molecule has 0 bridgehead atoms. The summed E-state index contributed by atoms with van der Waals surface area (Å²) in [6.45, 7) is 6.77. The number of halogens is 2. The van der Waals surface area contributed by atoms with Crippen LogP contribution in [0.5, 0.6) is 0 Å². The molecule has 0 radical (unpaired) electrons. The van der Waals surface area contributed by atoms with E-state index in [1.807, 2.05) is 0 Å². The van der Waals surface area contributed by atoms with Gasteiger partial charge in [-0.3, -0.25) is 4.90 Å². The van der Waals surface area contributed by atoms with E-state index in [-0.39, 0.29) is 5.92 Å². The molecule has 4 heteroatoms. The lowest BCUT2D eigenvalue weighted by Gasteiger charge is -2.27. The molecule has 1 fully saturated rings. The summed E-state index contributed by atoms with van der Waals surface area (Å²) >= 11 is 0. The van der Waals surface area contributed by atoms with Gasteiger partial charge in [0.1, 0.15) is 12.3 Å². The van der Waals surface area contributed by atoms with Crippen molar-refractivity contribution >= 4 is 0 Å². The summed E-state index contributed by atoms with van der Waals surface area (Å²) in [5, 5.41) is 7.32. The summed E-state index contributed by atoms with van der Waals surface area (Å²) in [7, 11) is 0. The minimum atomic E-state index is -1.30. The number of nitrogens with zero attached hydrogens (tertiary/aromatic N) is 2. The molecule has 0 amide bonds. The summed E-state index contributed by atoms with van der Waals surface area (Å²) < 4.78 is 27.0. The minimum Gasteiger partial charge on any atom is -0.299 e. The fraction of sp³-hybridized carbons (Fsp3) is 0.500. The maximum atomic E-state index is 13.6. The zero-order chi connectivity index (χ0) is 21.8. The highest BCUT2D eigenvalue weighted by atomic mass is 19.2. The van der Waals surface area contributed by atoms with E-state index < -0.39 is 12.3 Å². The molecule has 2 aromatic carbocycles. The lowest BCUT2D eigenvalue weighted by Crippen LogP contribution is -2.26. The van der Waals surface area contributed by atoms with Gasteiger partial charge in [0.15, 0.2) is 0 Å². The van der Waals surface area contributed by atoms with Crippen LogP contribution in [-0.2, 0) is 13.0 Å². The predicted molar refractivity (Wildman–Crippen MR) is 120 cm³/mol. The van der Waals surface area contributed by atoms with Crippen LogP contribution in [0.3, 0.4) is 0 Å². The van der Waals surface area contributed by atoms with Gasteiger partial charge < -0.3 is 0 Å². The number of nitriles is 1. The Labute approximate surface area is 180 Å². The summed E-state index contributed by atoms with van der Waals surface area (Å²) in [5.41, 5.74) is 3.84. The van der Waals surface area contributed by atoms with Gasteiger partial charge in [-0.05, 0) is 67.8 Å². The molecule has 0 aliphatic heterocycles. The average molecular weight is 413 g/mol. The number of benzene rings is 2. The number of hydrogen-bond donors (Lipinski definition) is 0. The number of rotatable bonds is 8. The Kier molecular flexibility index (Phi) is 10.5. The topological polar surface area (TPSA) is 27.0 Å². The molecule has 0 saturated heterocycles. The van der Waals surface area contributed by atoms with E-state index in [1.165, 1.54) is 18.1 Å². The Bertz CT molecular complexity index is 755. The van der Waals surface area contributed by atoms with E-state index >= 15 is 0 Å². The quantitative estimate of drug-likeness (QED) is 0.487. The smallest absolute Gasteiger partial charge is 0.132 e. The van der Waals surface area contributed by atoms with Crippen molar-refractivity contribution in [1.82, 2.24) is 4.90 Å². The van der Waals surface area contributed by atoms with Gasteiger partial charge in [-0.15, -0.1) is 0 Å². The van der Waals surface area contributed by atoms with Crippen LogP contribution in [0, 0.1) is 11.3 Å². The summed E-state index contributed by atoms with van der Waals surface area (Å²) in [4.78, 5) is 2.47. The third-order valence-electron chi connectivity index (χ3n) is 5.78. The molecule has 3 rings (SSSR count). The van der Waals surface area contributed by atoms with E-state index in [1.54, 1.807) is 6.07 Å². The van der Waals surface area contributed by atoms with Crippen LogP contribution in [-0.4, -0.2) is 30.3 Å². The fourth-order valence-electron chi connectivity index (χ4n) is 4.04. The molecular formula is C26H34F2N2. The molecule has 0 spiro atoms. The molecule has 3 unspecified atom stereocenters. The van der Waals surface area contributed by atoms with Crippen molar-refractivity contribution in [3.05, 3.63) is 71.3 Å². The highest BCUT2D eigenvalue weighted by Crippen LogP contribution is 2.35. The van der Waals surface area contributed by atoms with Gasteiger partial charge in [0, 0.05) is 13.5 Å². The Morgan fingerprint density at radius 3 is 2.23 bits per heavy atom. The van der Waals surface area contributed by atoms with Gasteiger partial charge in [-0.1, -0.05) is 61.5 Å². The lowest BCUT2D eigenvalue weighted by molar-refractivity contribution is 0.108. The molecule has 3 atom stereocenters. The standard InChI is InChI=1S/C24H31F2N.C2H3N/c1-2-27(18-20-7-4-3-5-8-20)16-6-9-19-10-12-21(13-11-19)22-14-15-23(25)24(26)17-22;1-2-3/h3-5,7-8,10-13,22-24H,2,6,9,14-18H2,1H3;1H3. The molecular weight excluding hydrogens is 378 g/mol. The van der Waals surface area contributed by atoms with E-state index in [0.29, 0.717) is 12.8 Å². The van der Waals surface area contributed by atoms with E-state index in [4.69, 9.17) is 5.26 Å². The van der Waals surface area contributed by atoms with Crippen molar-refractivity contribution < 1.29 is 8.78 Å². The van der Waals surface area contributed by atoms with Crippen LogP contribution >= 0.6 is 0 Å². The zero-order valence-corrected chi connectivity index (χ0v) is 18.2. The Morgan fingerprint density at radius 1 is 0.967 bits per heavy atom. The predicted octanol–water partition coefficient (Wildman–Crippen LogP) is 6.61. The first kappa shape index (κ1) is 24.0. The molecule has 0 aromatic heterocycles. The Morgan fingerprint density at radius 2 is 1.63 bits per heavy atom. The molecule has 0 N–H and O–H groups in total. The van der Waals surface area contributed by atoms with Gasteiger partial charge in [-0.2, -0.15) is 5.26 Å². The monoisotopic (exact) mass is 412 g/mol. The molecule has 1 aliphatic carbocycles. The van der Waals surface area contributed by atoms with Crippen molar-refractivity contribution in [1.29, 1.82) is 5.26 Å². The first-order chi connectivity index (χ1) is 14.6. The Balaban J connectivity index is 0.00000101. The van der Waals surface area contributed by atoms with Crippen LogP contribution in [0.4, 0.5) is 8.78 Å². The molecule has 2 nitrogen and oxygen atoms in total. The maximum Gasteiger partial charge on any atom is 0.132 e. The van der Waals surface area contributed by atoms with Crippen LogP contribution in [0.2, 0.25) is 0 Å². The van der Waals surface area contributed by atoms with Crippen molar-refractivity contribution in [3.8, 4) is 6.07 Å². The molecule has 30 heavy (non-hydrogen) atoms. The number of hydrogen-bond acceptors (Lipinski definition) is 2. The Hall–Kier alpha value is -2.25. The van der Waals surface area contributed by atoms with Gasteiger partial charge in [0.05, 0.1) is 6.07 Å². The van der Waals surface area contributed by atoms with Crippen LogP contribution < -0.4 is 0 Å². The van der Waals surface area contributed by atoms with Gasteiger partial charge in [0.2, 0.25) is 0 Å². The van der Waals surface area contributed by atoms with Crippen molar-refractivity contribution in [2.24, 2.45) is 0 Å². The fourth-order valence-corrected chi connectivity index (χ4v) is 4.04. The second-order valence-electron chi connectivity index (χ2n) is 7.97. The number of alkyl halides is 2. The second kappa shape index (κ2) is 13.1. The average Bonchev–Trinajstić information content (AvgIpc) is 2.77. The van der Waals surface area contributed by atoms with Crippen molar-refractivity contribution in [3.63, 3.8) is 0 Å². The maximum absolute atomic E-state index is 13.6. The molecule has 162 valence electrons. The van der Waals surface area contributed by atoms with Gasteiger partial charge in [-0.25, -0.2) is 8.78 Å². The summed E-state index contributed by atoms with van der Waals surface area (Å²) in [6.07, 6.45) is 1.04. The third-order valence-corrected chi connectivity index (χ3v) is 5.78. The largest absolute Gasteiger partial charge is 0.299 e. The highest BCUT2D eigenvalue weighted by Gasteiger charge is 2.30. The third kappa shape index (κ3) is 7.88. The normalized spacial score (nSPS) is 20.9. The van der Waals surface area contributed by atoms with Crippen molar-refractivity contribution in [2.75, 3.05) is 13.1 Å². The second-order valence-corrected chi connectivity index (χ2v) is 7.97. The molecule has 2 aromatic rings. The zero-order valence-electron chi connectivity index (χ0n) is 18.2. The van der Waals surface area contributed by atoms with Crippen LogP contribution in [0.1, 0.15) is 62.1 Å². The van der Waals surface area contributed by atoms with E-state index in [0.717, 1.165) is 44.5 Å². The van der Waals surface area contributed by atoms with Crippen LogP contribution in [0.25, 0.3) is 0 Å².